The largest absolute Gasteiger partial charge is 0.316 e. The summed E-state index contributed by atoms with van der Waals surface area (Å²) >= 11 is 0. The molecule has 0 spiro atoms. The summed E-state index contributed by atoms with van der Waals surface area (Å²) in [6.45, 7) is 9.12. The van der Waals surface area contributed by atoms with Gasteiger partial charge in [-0.1, -0.05) is 0 Å². The van der Waals surface area contributed by atoms with Crippen molar-refractivity contribution in [3.8, 4) is 0 Å². The zero-order chi connectivity index (χ0) is 11.0. The Balaban J connectivity index is 0.00000108. The van der Waals surface area contributed by atoms with Crippen LogP contribution in [0.3, 0.4) is 0 Å². The third-order valence-corrected chi connectivity index (χ3v) is 3.88. The second kappa shape index (κ2) is 5.38. The lowest BCUT2D eigenvalue weighted by molar-refractivity contribution is 0.305. The van der Waals surface area contributed by atoms with Gasteiger partial charge in [-0.3, -0.25) is 9.58 Å². The Hall–Kier alpha value is -0.580. The highest BCUT2D eigenvalue weighted by atomic mass is 35.5. The highest BCUT2D eigenvalue weighted by Gasteiger charge is 2.35. The maximum Gasteiger partial charge on any atom is 0.0534 e. The van der Waals surface area contributed by atoms with E-state index in [1.807, 2.05) is 10.9 Å². The van der Waals surface area contributed by atoms with Gasteiger partial charge in [0.1, 0.15) is 0 Å². The van der Waals surface area contributed by atoms with Gasteiger partial charge in [-0.05, 0) is 31.8 Å². The topological polar surface area (TPSA) is 33.1 Å². The molecule has 2 aliphatic rings. The van der Waals surface area contributed by atoms with Crippen LogP contribution in [-0.2, 0) is 13.1 Å². The van der Waals surface area contributed by atoms with Gasteiger partial charge < -0.3 is 5.32 Å². The van der Waals surface area contributed by atoms with E-state index < -0.39 is 0 Å². The number of nitrogens with one attached hydrogen (secondary N) is 1. The summed E-state index contributed by atoms with van der Waals surface area (Å²) in [4.78, 5) is 2.58. The number of nitrogens with zero attached hydrogens (tertiary/aromatic N) is 3. The summed E-state index contributed by atoms with van der Waals surface area (Å²) in [5, 5.41) is 7.81. The van der Waals surface area contributed by atoms with Gasteiger partial charge in [-0.2, -0.15) is 5.10 Å². The van der Waals surface area contributed by atoms with E-state index in [9.17, 15) is 0 Å². The summed E-state index contributed by atoms with van der Waals surface area (Å²) in [5.74, 6) is 1.78. The van der Waals surface area contributed by atoms with Crippen LogP contribution in [0.2, 0.25) is 0 Å². The molecule has 0 saturated carbocycles. The molecular formula is C12H21ClN4. The monoisotopic (exact) mass is 256 g/mol. The van der Waals surface area contributed by atoms with Crippen LogP contribution in [0.25, 0.3) is 0 Å². The second-order valence-electron chi connectivity index (χ2n) is 5.08. The minimum atomic E-state index is 0. The Morgan fingerprint density at radius 1 is 1.35 bits per heavy atom. The van der Waals surface area contributed by atoms with Gasteiger partial charge in [0.15, 0.2) is 0 Å². The molecule has 0 bridgehead atoms. The molecule has 0 radical (unpaired) electrons. The van der Waals surface area contributed by atoms with E-state index in [0.29, 0.717) is 0 Å². The number of aryl methyl sites for hydroxylation is 1. The number of hydrogen-bond donors (Lipinski definition) is 1. The minimum Gasteiger partial charge on any atom is -0.316 e. The first-order valence-electron chi connectivity index (χ1n) is 6.29. The molecule has 2 atom stereocenters. The molecule has 0 amide bonds. The van der Waals surface area contributed by atoms with Gasteiger partial charge in [-0.15, -0.1) is 12.4 Å². The predicted molar refractivity (Wildman–Crippen MR) is 70.3 cm³/mol. The summed E-state index contributed by atoms with van der Waals surface area (Å²) in [6.07, 6.45) is 4.18. The first-order valence-corrected chi connectivity index (χ1v) is 6.29. The van der Waals surface area contributed by atoms with Crippen LogP contribution in [0.4, 0.5) is 0 Å². The van der Waals surface area contributed by atoms with Crippen molar-refractivity contribution in [3.05, 3.63) is 18.0 Å². The fraction of sp³-hybridized carbons (Fsp3) is 0.750. The number of likely N-dealkylation sites (tertiary alicyclic amines) is 1. The van der Waals surface area contributed by atoms with Gasteiger partial charge in [0.05, 0.1) is 6.20 Å². The number of rotatable bonds is 3. The molecule has 0 aromatic carbocycles. The maximum atomic E-state index is 4.33. The van der Waals surface area contributed by atoms with Crippen molar-refractivity contribution >= 4 is 12.4 Å². The average molecular weight is 257 g/mol. The quantitative estimate of drug-likeness (QED) is 0.875. The first kappa shape index (κ1) is 12.9. The summed E-state index contributed by atoms with van der Waals surface area (Å²) in [5.41, 5.74) is 1.36. The Morgan fingerprint density at radius 2 is 2.06 bits per heavy atom. The Morgan fingerprint density at radius 3 is 2.65 bits per heavy atom. The molecule has 1 N–H and O–H groups in total. The maximum absolute atomic E-state index is 4.33. The fourth-order valence-corrected chi connectivity index (χ4v) is 3.00. The van der Waals surface area contributed by atoms with Crippen LogP contribution >= 0.6 is 12.4 Å². The van der Waals surface area contributed by atoms with E-state index in [-0.39, 0.29) is 12.4 Å². The standard InChI is InChI=1S/C12H20N4.ClH/c1-2-16-7-10(3-14-16)6-15-8-11-4-13-5-12(11)9-15;/h3,7,11-13H,2,4-6,8-9H2,1H3;1H/t11-,12+;. The summed E-state index contributed by atoms with van der Waals surface area (Å²) in [6, 6.07) is 0. The van der Waals surface area contributed by atoms with Crippen molar-refractivity contribution in [3.63, 3.8) is 0 Å². The third kappa shape index (κ3) is 2.64. The molecular weight excluding hydrogens is 236 g/mol. The highest BCUT2D eigenvalue weighted by molar-refractivity contribution is 5.85. The Labute approximate surface area is 109 Å². The molecule has 3 heterocycles. The van der Waals surface area contributed by atoms with Crippen LogP contribution in [-0.4, -0.2) is 40.9 Å². The Kier molecular flexibility index (Phi) is 4.07. The SMILES string of the molecule is CCn1cc(CN2C[C@H]3CNC[C@H]3C2)cn1.Cl. The second-order valence-corrected chi connectivity index (χ2v) is 5.08. The van der Waals surface area contributed by atoms with Crippen molar-refractivity contribution in [2.45, 2.75) is 20.0 Å². The van der Waals surface area contributed by atoms with E-state index in [1.54, 1.807) is 0 Å². The number of aromatic nitrogens is 2. The average Bonchev–Trinajstić information content (AvgIpc) is 2.92. The number of hydrogen-bond acceptors (Lipinski definition) is 3. The summed E-state index contributed by atoms with van der Waals surface area (Å²) < 4.78 is 2.01. The lowest BCUT2D eigenvalue weighted by Crippen LogP contribution is -2.25. The van der Waals surface area contributed by atoms with E-state index in [0.717, 1.165) is 24.9 Å². The molecule has 17 heavy (non-hydrogen) atoms. The van der Waals surface area contributed by atoms with Crippen LogP contribution in [0.1, 0.15) is 12.5 Å². The van der Waals surface area contributed by atoms with Gasteiger partial charge >= 0.3 is 0 Å². The smallest absolute Gasteiger partial charge is 0.0534 e. The molecule has 2 aliphatic heterocycles. The van der Waals surface area contributed by atoms with Gasteiger partial charge in [0, 0.05) is 37.9 Å². The Bertz CT molecular complexity index is 353. The van der Waals surface area contributed by atoms with Crippen LogP contribution in [0, 0.1) is 11.8 Å². The van der Waals surface area contributed by atoms with Crippen molar-refractivity contribution in [1.29, 1.82) is 0 Å². The van der Waals surface area contributed by atoms with Crippen molar-refractivity contribution in [1.82, 2.24) is 20.0 Å². The molecule has 2 fully saturated rings. The van der Waals surface area contributed by atoms with Gasteiger partial charge in [0.25, 0.3) is 0 Å². The van der Waals surface area contributed by atoms with E-state index >= 15 is 0 Å². The van der Waals surface area contributed by atoms with E-state index in [4.69, 9.17) is 0 Å². The van der Waals surface area contributed by atoms with Crippen molar-refractivity contribution in [2.75, 3.05) is 26.2 Å². The molecule has 3 rings (SSSR count). The minimum absolute atomic E-state index is 0. The lowest BCUT2D eigenvalue weighted by atomic mass is 10.0. The van der Waals surface area contributed by atoms with E-state index in [1.165, 1.54) is 31.7 Å². The molecule has 1 aromatic rings. The zero-order valence-electron chi connectivity index (χ0n) is 10.3. The van der Waals surface area contributed by atoms with E-state index in [2.05, 4.69) is 28.4 Å². The molecule has 96 valence electrons. The van der Waals surface area contributed by atoms with Crippen LogP contribution in [0.5, 0.6) is 0 Å². The lowest BCUT2D eigenvalue weighted by Gasteiger charge is -2.15. The third-order valence-electron chi connectivity index (χ3n) is 3.88. The fourth-order valence-electron chi connectivity index (χ4n) is 3.00. The van der Waals surface area contributed by atoms with Crippen LogP contribution < -0.4 is 5.32 Å². The molecule has 1 aromatic heterocycles. The highest BCUT2D eigenvalue weighted by Crippen LogP contribution is 2.27. The summed E-state index contributed by atoms with van der Waals surface area (Å²) in [7, 11) is 0. The van der Waals surface area contributed by atoms with Gasteiger partial charge in [0.2, 0.25) is 0 Å². The molecule has 5 heteroatoms. The first-order chi connectivity index (χ1) is 7.85. The normalized spacial score (nSPS) is 28.1. The molecule has 4 nitrogen and oxygen atoms in total. The number of halogens is 1. The molecule has 2 saturated heterocycles. The van der Waals surface area contributed by atoms with Crippen molar-refractivity contribution in [2.24, 2.45) is 11.8 Å². The predicted octanol–water partition coefficient (Wildman–Crippen LogP) is 0.976. The van der Waals surface area contributed by atoms with Crippen molar-refractivity contribution < 1.29 is 0 Å². The zero-order valence-corrected chi connectivity index (χ0v) is 11.1. The molecule has 0 aliphatic carbocycles. The van der Waals surface area contributed by atoms with Gasteiger partial charge in [-0.25, -0.2) is 0 Å². The molecule has 0 unspecified atom stereocenters. The van der Waals surface area contributed by atoms with Crippen LogP contribution in [0.15, 0.2) is 12.4 Å². The number of fused-ring (bicyclic) bond motifs is 1.